The molecule has 116 valence electrons. The molecule has 3 rings (SSSR count). The summed E-state index contributed by atoms with van der Waals surface area (Å²) in [5.74, 6) is 1.45. The number of piperazine rings is 1. The second kappa shape index (κ2) is 6.62. The SMILES string of the molecule is CN1CCN(c2ncc(N)c(NCc3ccccc3)n2)CC1. The van der Waals surface area contributed by atoms with E-state index in [9.17, 15) is 0 Å². The van der Waals surface area contributed by atoms with Crippen LogP contribution in [0.25, 0.3) is 0 Å². The predicted molar refractivity (Wildman–Crippen MR) is 89.9 cm³/mol. The van der Waals surface area contributed by atoms with E-state index in [4.69, 9.17) is 5.73 Å². The Balaban J connectivity index is 1.70. The molecular weight excluding hydrogens is 276 g/mol. The fourth-order valence-corrected chi connectivity index (χ4v) is 2.46. The minimum absolute atomic E-state index is 0.578. The van der Waals surface area contributed by atoms with Crippen LogP contribution in [-0.2, 0) is 6.54 Å². The van der Waals surface area contributed by atoms with Gasteiger partial charge in [0.15, 0.2) is 5.82 Å². The number of likely N-dealkylation sites (N-methyl/N-ethyl adjacent to an activating group) is 1. The summed E-state index contributed by atoms with van der Waals surface area (Å²) >= 11 is 0. The molecule has 22 heavy (non-hydrogen) atoms. The van der Waals surface area contributed by atoms with E-state index >= 15 is 0 Å². The van der Waals surface area contributed by atoms with E-state index in [-0.39, 0.29) is 0 Å². The zero-order valence-electron chi connectivity index (χ0n) is 12.9. The van der Waals surface area contributed by atoms with Gasteiger partial charge in [0.05, 0.1) is 11.9 Å². The first-order valence-electron chi connectivity index (χ1n) is 7.56. The van der Waals surface area contributed by atoms with Crippen molar-refractivity contribution < 1.29 is 0 Å². The lowest BCUT2D eigenvalue weighted by molar-refractivity contribution is 0.311. The molecule has 6 heteroatoms. The first-order valence-corrected chi connectivity index (χ1v) is 7.56. The smallest absolute Gasteiger partial charge is 0.227 e. The number of hydrogen-bond acceptors (Lipinski definition) is 6. The first-order chi connectivity index (χ1) is 10.7. The van der Waals surface area contributed by atoms with Crippen molar-refractivity contribution in [2.45, 2.75) is 6.54 Å². The molecule has 6 nitrogen and oxygen atoms in total. The largest absolute Gasteiger partial charge is 0.394 e. The van der Waals surface area contributed by atoms with Gasteiger partial charge in [0.1, 0.15) is 0 Å². The molecule has 0 amide bonds. The monoisotopic (exact) mass is 298 g/mol. The van der Waals surface area contributed by atoms with Gasteiger partial charge in [0.25, 0.3) is 0 Å². The number of nitrogen functional groups attached to an aromatic ring is 1. The Morgan fingerprint density at radius 2 is 1.86 bits per heavy atom. The second-order valence-electron chi connectivity index (χ2n) is 5.60. The number of anilines is 3. The van der Waals surface area contributed by atoms with Gasteiger partial charge in [-0.2, -0.15) is 4.98 Å². The highest BCUT2D eigenvalue weighted by atomic mass is 15.3. The van der Waals surface area contributed by atoms with Crippen LogP contribution in [-0.4, -0.2) is 48.1 Å². The van der Waals surface area contributed by atoms with Gasteiger partial charge in [-0.15, -0.1) is 0 Å². The third-order valence-electron chi connectivity index (χ3n) is 3.89. The summed E-state index contributed by atoms with van der Waals surface area (Å²) in [6.07, 6.45) is 1.69. The van der Waals surface area contributed by atoms with Gasteiger partial charge in [-0.1, -0.05) is 30.3 Å². The minimum Gasteiger partial charge on any atom is -0.394 e. The predicted octanol–water partition coefficient (Wildman–Crippen LogP) is 1.42. The molecule has 0 aliphatic carbocycles. The van der Waals surface area contributed by atoms with Crippen molar-refractivity contribution in [2.24, 2.45) is 0 Å². The van der Waals surface area contributed by atoms with Crippen LogP contribution >= 0.6 is 0 Å². The van der Waals surface area contributed by atoms with Crippen LogP contribution in [0.1, 0.15) is 5.56 Å². The lowest BCUT2D eigenvalue weighted by atomic mass is 10.2. The zero-order chi connectivity index (χ0) is 15.4. The summed E-state index contributed by atoms with van der Waals surface area (Å²) in [7, 11) is 2.13. The van der Waals surface area contributed by atoms with Crippen LogP contribution in [0.5, 0.6) is 0 Å². The number of aromatic nitrogens is 2. The topological polar surface area (TPSA) is 70.3 Å². The molecule has 1 fully saturated rings. The van der Waals surface area contributed by atoms with Crippen molar-refractivity contribution in [2.75, 3.05) is 49.2 Å². The molecule has 1 aromatic carbocycles. The van der Waals surface area contributed by atoms with Crippen molar-refractivity contribution in [3.63, 3.8) is 0 Å². The molecular formula is C16H22N6. The van der Waals surface area contributed by atoms with Gasteiger partial charge in [-0.25, -0.2) is 4.98 Å². The van der Waals surface area contributed by atoms with E-state index in [0.717, 1.165) is 32.1 Å². The Hall–Kier alpha value is -2.34. The number of nitrogens with two attached hydrogens (primary N) is 1. The Morgan fingerprint density at radius 3 is 2.59 bits per heavy atom. The van der Waals surface area contributed by atoms with Crippen LogP contribution in [0.15, 0.2) is 36.5 Å². The van der Waals surface area contributed by atoms with Crippen molar-refractivity contribution in [3.05, 3.63) is 42.1 Å². The zero-order valence-corrected chi connectivity index (χ0v) is 12.9. The Morgan fingerprint density at radius 1 is 1.14 bits per heavy atom. The highest BCUT2D eigenvalue weighted by molar-refractivity contribution is 5.62. The maximum atomic E-state index is 5.99. The molecule has 1 aliphatic rings. The molecule has 0 radical (unpaired) electrons. The quantitative estimate of drug-likeness (QED) is 0.890. The lowest BCUT2D eigenvalue weighted by Crippen LogP contribution is -2.45. The van der Waals surface area contributed by atoms with Crippen molar-refractivity contribution in [1.29, 1.82) is 0 Å². The Labute approximate surface area is 131 Å². The molecule has 0 bridgehead atoms. The van der Waals surface area contributed by atoms with E-state index < -0.39 is 0 Å². The molecule has 1 aliphatic heterocycles. The van der Waals surface area contributed by atoms with Gasteiger partial charge in [-0.05, 0) is 12.6 Å². The number of nitrogens with zero attached hydrogens (tertiary/aromatic N) is 4. The van der Waals surface area contributed by atoms with E-state index in [0.29, 0.717) is 18.1 Å². The highest BCUT2D eigenvalue weighted by Crippen LogP contribution is 2.19. The van der Waals surface area contributed by atoms with Gasteiger partial charge >= 0.3 is 0 Å². The summed E-state index contributed by atoms with van der Waals surface area (Å²) in [6, 6.07) is 10.2. The third-order valence-corrected chi connectivity index (χ3v) is 3.89. The number of nitrogens with one attached hydrogen (secondary N) is 1. The average molecular weight is 298 g/mol. The van der Waals surface area contributed by atoms with Crippen LogP contribution in [0, 0.1) is 0 Å². The maximum Gasteiger partial charge on any atom is 0.227 e. The standard InChI is InChI=1S/C16H22N6/c1-21-7-9-22(10-8-21)16-19-12-14(17)15(20-16)18-11-13-5-3-2-4-6-13/h2-6,12H,7-11,17H2,1H3,(H,18,19,20). The lowest BCUT2D eigenvalue weighted by Gasteiger charge is -2.32. The minimum atomic E-state index is 0.578. The van der Waals surface area contributed by atoms with Crippen molar-refractivity contribution >= 4 is 17.5 Å². The second-order valence-corrected chi connectivity index (χ2v) is 5.60. The van der Waals surface area contributed by atoms with Gasteiger partial charge in [-0.3, -0.25) is 0 Å². The van der Waals surface area contributed by atoms with Crippen molar-refractivity contribution in [3.8, 4) is 0 Å². The molecule has 0 spiro atoms. The molecule has 3 N–H and O–H groups in total. The van der Waals surface area contributed by atoms with Crippen molar-refractivity contribution in [1.82, 2.24) is 14.9 Å². The molecule has 1 saturated heterocycles. The third kappa shape index (κ3) is 3.46. The Kier molecular flexibility index (Phi) is 4.39. The molecule has 0 atom stereocenters. The number of rotatable bonds is 4. The van der Waals surface area contributed by atoms with Gasteiger partial charge in [0.2, 0.25) is 5.95 Å². The fourth-order valence-electron chi connectivity index (χ4n) is 2.46. The number of benzene rings is 1. The highest BCUT2D eigenvalue weighted by Gasteiger charge is 2.17. The summed E-state index contributed by atoms with van der Waals surface area (Å²) in [5, 5.41) is 3.30. The molecule has 2 aromatic rings. The van der Waals surface area contributed by atoms with Crippen LogP contribution in [0.2, 0.25) is 0 Å². The molecule has 0 saturated carbocycles. The molecule has 0 unspecified atom stereocenters. The summed E-state index contributed by atoms with van der Waals surface area (Å²) in [6.45, 7) is 4.64. The summed E-state index contributed by atoms with van der Waals surface area (Å²) in [4.78, 5) is 13.5. The van der Waals surface area contributed by atoms with E-state index in [1.54, 1.807) is 6.20 Å². The van der Waals surface area contributed by atoms with Crippen LogP contribution < -0.4 is 16.0 Å². The summed E-state index contributed by atoms with van der Waals surface area (Å²) < 4.78 is 0. The number of hydrogen-bond donors (Lipinski definition) is 2. The first kappa shape index (κ1) is 14.6. The van der Waals surface area contributed by atoms with Gasteiger partial charge < -0.3 is 20.9 Å². The molecule has 1 aromatic heterocycles. The Bertz CT molecular complexity index is 607. The van der Waals surface area contributed by atoms with Crippen LogP contribution in [0.3, 0.4) is 0 Å². The van der Waals surface area contributed by atoms with Crippen LogP contribution in [0.4, 0.5) is 17.5 Å². The average Bonchev–Trinajstić information content (AvgIpc) is 2.56. The normalized spacial score (nSPS) is 15.8. The fraction of sp³-hybridized carbons (Fsp3) is 0.375. The summed E-state index contributed by atoms with van der Waals surface area (Å²) in [5.41, 5.74) is 7.76. The maximum absolute atomic E-state index is 5.99. The van der Waals surface area contributed by atoms with E-state index in [1.165, 1.54) is 5.56 Å². The van der Waals surface area contributed by atoms with E-state index in [1.807, 2.05) is 18.2 Å². The molecule has 2 heterocycles. The van der Waals surface area contributed by atoms with Gasteiger partial charge in [0, 0.05) is 32.7 Å². The van der Waals surface area contributed by atoms with E-state index in [2.05, 4.69) is 44.3 Å².